The summed E-state index contributed by atoms with van der Waals surface area (Å²) in [6.45, 7) is 0.881. The Hall–Kier alpha value is -3.82. The Bertz CT molecular complexity index is 1550. The molecule has 0 unspecified atom stereocenters. The zero-order chi connectivity index (χ0) is 25.1. The number of nitrogens with one attached hydrogen (secondary N) is 1. The molecule has 4 aromatic rings. The van der Waals surface area contributed by atoms with Crippen LogP contribution in [0.25, 0.3) is 10.9 Å². The second kappa shape index (κ2) is 10.0. The molecule has 0 fully saturated rings. The molecule has 0 aliphatic carbocycles. The van der Waals surface area contributed by atoms with Gasteiger partial charge >= 0.3 is 0 Å². The average Bonchev–Trinajstić information content (AvgIpc) is 2.91. The number of rotatable bonds is 8. The lowest BCUT2D eigenvalue weighted by atomic mass is 10.1. The Morgan fingerprint density at radius 3 is 2.50 bits per heavy atom. The highest BCUT2D eigenvalue weighted by Crippen LogP contribution is 2.33. The van der Waals surface area contributed by atoms with Crippen LogP contribution in [0.2, 0.25) is 0 Å². The third kappa shape index (κ3) is 4.93. The molecule has 5 rings (SSSR count). The van der Waals surface area contributed by atoms with Gasteiger partial charge in [-0.05, 0) is 47.7 Å². The smallest absolute Gasteiger partial charge is 0.252 e. The molecule has 0 amide bonds. The van der Waals surface area contributed by atoms with Crippen molar-refractivity contribution in [2.75, 3.05) is 26.9 Å². The number of ether oxygens (including phenoxy) is 3. The van der Waals surface area contributed by atoms with Crippen LogP contribution in [-0.2, 0) is 23.0 Å². The molecule has 0 saturated carbocycles. The van der Waals surface area contributed by atoms with Crippen molar-refractivity contribution >= 4 is 20.9 Å². The number of H-pyrrole nitrogens is 1. The monoisotopic (exact) mass is 506 g/mol. The van der Waals surface area contributed by atoms with Crippen molar-refractivity contribution in [1.82, 2.24) is 9.29 Å². The van der Waals surface area contributed by atoms with Crippen molar-refractivity contribution in [2.24, 2.45) is 0 Å². The minimum atomic E-state index is -3.96. The maximum Gasteiger partial charge on any atom is 0.252 e. The lowest BCUT2D eigenvalue weighted by molar-refractivity contribution is 0.171. The van der Waals surface area contributed by atoms with Gasteiger partial charge in [-0.3, -0.25) is 4.79 Å². The van der Waals surface area contributed by atoms with E-state index in [0.717, 1.165) is 10.9 Å². The van der Waals surface area contributed by atoms with Gasteiger partial charge in [0.15, 0.2) is 11.5 Å². The van der Waals surface area contributed by atoms with E-state index in [1.54, 1.807) is 31.4 Å². The zero-order valence-electron chi connectivity index (χ0n) is 19.8. The number of hydrogen-bond donors (Lipinski definition) is 1. The lowest BCUT2D eigenvalue weighted by Crippen LogP contribution is -2.34. The molecule has 8 nitrogen and oxygen atoms in total. The largest absolute Gasteiger partial charge is 0.497 e. The van der Waals surface area contributed by atoms with Gasteiger partial charge in [-0.25, -0.2) is 8.42 Å². The predicted molar refractivity (Wildman–Crippen MR) is 136 cm³/mol. The maximum atomic E-state index is 13.8. The first kappa shape index (κ1) is 23.9. The first-order valence-electron chi connectivity index (χ1n) is 11.6. The minimum absolute atomic E-state index is 0.0824. The van der Waals surface area contributed by atoms with E-state index < -0.39 is 10.0 Å². The van der Waals surface area contributed by atoms with E-state index in [9.17, 15) is 13.2 Å². The Kier molecular flexibility index (Phi) is 6.67. The number of pyridine rings is 1. The van der Waals surface area contributed by atoms with Crippen molar-refractivity contribution in [3.05, 3.63) is 94.3 Å². The molecule has 36 heavy (non-hydrogen) atoms. The highest BCUT2D eigenvalue weighted by Gasteiger charge is 2.27. The minimum Gasteiger partial charge on any atom is -0.497 e. The molecule has 0 spiro atoms. The van der Waals surface area contributed by atoms with Crippen molar-refractivity contribution in [3.8, 4) is 17.2 Å². The molecule has 0 radical (unpaired) electrons. The third-order valence-electron chi connectivity index (χ3n) is 6.12. The second-order valence-corrected chi connectivity index (χ2v) is 10.4. The molecule has 1 aromatic heterocycles. The summed E-state index contributed by atoms with van der Waals surface area (Å²) in [5.41, 5.74) is 1.62. The van der Waals surface area contributed by atoms with E-state index in [0.29, 0.717) is 48.0 Å². The van der Waals surface area contributed by atoms with E-state index in [2.05, 4.69) is 4.98 Å². The van der Waals surface area contributed by atoms with E-state index in [1.807, 2.05) is 36.4 Å². The van der Waals surface area contributed by atoms with Gasteiger partial charge in [0.05, 0.1) is 17.5 Å². The van der Waals surface area contributed by atoms with Gasteiger partial charge in [0, 0.05) is 30.8 Å². The third-order valence-corrected chi connectivity index (χ3v) is 7.96. The molecule has 1 aliphatic heterocycles. The van der Waals surface area contributed by atoms with Crippen LogP contribution in [0, 0.1) is 0 Å². The first-order chi connectivity index (χ1) is 17.4. The fourth-order valence-electron chi connectivity index (χ4n) is 4.18. The number of nitrogens with zero attached hydrogens (tertiary/aromatic N) is 1. The summed E-state index contributed by atoms with van der Waals surface area (Å²) >= 11 is 0. The molecule has 186 valence electrons. The summed E-state index contributed by atoms with van der Waals surface area (Å²) in [7, 11) is -2.40. The summed E-state index contributed by atoms with van der Waals surface area (Å²) in [6.07, 6.45) is 0.493. The number of benzene rings is 3. The summed E-state index contributed by atoms with van der Waals surface area (Å²) in [6, 6.07) is 21.3. The number of sulfonamides is 1. The Labute approximate surface area is 209 Å². The van der Waals surface area contributed by atoms with Crippen LogP contribution in [0.15, 0.2) is 82.5 Å². The van der Waals surface area contributed by atoms with Crippen molar-refractivity contribution in [2.45, 2.75) is 17.9 Å². The van der Waals surface area contributed by atoms with Crippen molar-refractivity contribution in [3.63, 3.8) is 0 Å². The van der Waals surface area contributed by atoms with Gasteiger partial charge in [0.2, 0.25) is 10.0 Å². The first-order valence-corrected chi connectivity index (χ1v) is 13.0. The number of fused-ring (bicyclic) bond motifs is 2. The maximum absolute atomic E-state index is 13.8. The van der Waals surface area contributed by atoms with Gasteiger partial charge in [-0.1, -0.05) is 30.3 Å². The fraction of sp³-hybridized carbons (Fsp3) is 0.222. The van der Waals surface area contributed by atoms with Crippen LogP contribution < -0.4 is 19.8 Å². The van der Waals surface area contributed by atoms with E-state index >= 15 is 0 Å². The zero-order valence-corrected chi connectivity index (χ0v) is 20.6. The molecular weight excluding hydrogens is 480 g/mol. The van der Waals surface area contributed by atoms with Crippen LogP contribution >= 0.6 is 0 Å². The molecule has 1 aliphatic rings. The van der Waals surface area contributed by atoms with Crippen molar-refractivity contribution in [1.29, 1.82) is 0 Å². The Morgan fingerprint density at radius 1 is 0.944 bits per heavy atom. The van der Waals surface area contributed by atoms with Crippen molar-refractivity contribution < 1.29 is 22.6 Å². The average molecular weight is 507 g/mol. The van der Waals surface area contributed by atoms with Gasteiger partial charge < -0.3 is 19.2 Å². The molecular formula is C27H26N2O6S. The topological polar surface area (TPSA) is 97.9 Å². The Balaban J connectivity index is 1.51. The van der Waals surface area contributed by atoms with Crippen LogP contribution in [-0.4, -0.2) is 44.6 Å². The van der Waals surface area contributed by atoms with Crippen LogP contribution in [0.4, 0.5) is 0 Å². The highest BCUT2D eigenvalue weighted by atomic mass is 32.2. The summed E-state index contributed by atoms with van der Waals surface area (Å²) in [4.78, 5) is 15.9. The highest BCUT2D eigenvalue weighted by molar-refractivity contribution is 7.89. The SMILES string of the molecule is COc1ccc2cc(CN(CCc3ccccc3)S(=O)(=O)c3ccc4c(c3)OCCO4)c(=O)[nH]c2c1. The lowest BCUT2D eigenvalue weighted by Gasteiger charge is -2.24. The predicted octanol–water partition coefficient (Wildman–Crippen LogP) is 3.74. The van der Waals surface area contributed by atoms with Crippen LogP contribution in [0.1, 0.15) is 11.1 Å². The molecule has 0 bridgehead atoms. The quantitative estimate of drug-likeness (QED) is 0.391. The van der Waals surface area contributed by atoms with Crippen LogP contribution in [0.3, 0.4) is 0 Å². The molecule has 0 atom stereocenters. The van der Waals surface area contributed by atoms with Crippen LogP contribution in [0.5, 0.6) is 17.2 Å². The Morgan fingerprint density at radius 2 is 1.72 bits per heavy atom. The second-order valence-electron chi connectivity index (χ2n) is 8.46. The van der Waals surface area contributed by atoms with Gasteiger partial charge in [0.1, 0.15) is 19.0 Å². The molecule has 3 aromatic carbocycles. The summed E-state index contributed by atoms with van der Waals surface area (Å²) in [5.74, 6) is 1.52. The van der Waals surface area contributed by atoms with E-state index in [4.69, 9.17) is 14.2 Å². The molecule has 9 heteroatoms. The van der Waals surface area contributed by atoms with Gasteiger partial charge in [-0.2, -0.15) is 4.31 Å². The number of aromatic nitrogens is 1. The molecule has 2 heterocycles. The summed E-state index contributed by atoms with van der Waals surface area (Å²) in [5, 5.41) is 0.783. The fourth-order valence-corrected chi connectivity index (χ4v) is 5.61. The number of hydrogen-bond acceptors (Lipinski definition) is 6. The number of aromatic amines is 1. The molecule has 1 N–H and O–H groups in total. The van der Waals surface area contributed by atoms with E-state index in [1.165, 1.54) is 16.4 Å². The normalized spacial score (nSPS) is 13.2. The molecule has 0 saturated heterocycles. The standard InChI is InChI=1S/C27H26N2O6S/c1-33-22-8-7-20-15-21(27(30)28-24(20)16-22)18-29(12-11-19-5-3-2-4-6-19)36(31,32)23-9-10-25-26(17-23)35-14-13-34-25/h2-10,15-17H,11-14,18H2,1H3,(H,28,30). The number of methoxy groups -OCH3 is 1. The summed E-state index contributed by atoms with van der Waals surface area (Å²) < 4.78 is 45.3. The van der Waals surface area contributed by atoms with Gasteiger partial charge in [0.25, 0.3) is 5.56 Å². The van der Waals surface area contributed by atoms with Gasteiger partial charge in [-0.15, -0.1) is 0 Å². The van der Waals surface area contributed by atoms with E-state index in [-0.39, 0.29) is 23.5 Å².